The number of unbranched alkanes of at least 4 members (excludes halogenated alkanes) is 1. The van der Waals surface area contributed by atoms with E-state index in [4.69, 9.17) is 16.3 Å². The van der Waals surface area contributed by atoms with Crippen LogP contribution in [0.1, 0.15) is 19.8 Å². The van der Waals surface area contributed by atoms with Crippen molar-refractivity contribution in [3.05, 3.63) is 29.3 Å². The van der Waals surface area contributed by atoms with Gasteiger partial charge in [-0.05, 0) is 38.2 Å². The number of anilines is 1. The van der Waals surface area contributed by atoms with E-state index in [1.807, 2.05) is 7.05 Å². The molecule has 0 unspecified atom stereocenters. The first-order valence-electron chi connectivity index (χ1n) is 8.31. The summed E-state index contributed by atoms with van der Waals surface area (Å²) in [6.45, 7) is 4.06. The average molecular weight is 356 g/mol. The molecule has 2 rings (SSSR count). The number of hydrogen-bond acceptors (Lipinski definition) is 4. The predicted molar refractivity (Wildman–Crippen MR) is 95.5 cm³/mol. The molecular formula is C17H26ClN3O3. The molecule has 134 valence electrons. The Morgan fingerprint density at radius 3 is 3.00 bits per heavy atom. The highest BCUT2D eigenvalue weighted by Gasteiger charge is 2.37. The molecule has 6 nitrogen and oxygen atoms in total. The van der Waals surface area contributed by atoms with Crippen molar-refractivity contribution in [3.8, 4) is 0 Å². The number of halogens is 1. The van der Waals surface area contributed by atoms with Crippen LogP contribution in [0.15, 0.2) is 24.3 Å². The minimum Gasteiger partial charge on any atom is -0.388 e. The van der Waals surface area contributed by atoms with Crippen LogP contribution < -0.4 is 10.6 Å². The number of likely N-dealkylation sites (N-methyl/N-ethyl adjacent to an activating group) is 1. The first-order valence-corrected chi connectivity index (χ1v) is 8.68. The average Bonchev–Trinajstić information content (AvgIpc) is 2.86. The first-order chi connectivity index (χ1) is 11.5. The van der Waals surface area contributed by atoms with Crippen LogP contribution in [0.5, 0.6) is 0 Å². The molecule has 24 heavy (non-hydrogen) atoms. The highest BCUT2D eigenvalue weighted by atomic mass is 35.5. The van der Waals surface area contributed by atoms with Crippen LogP contribution in [0.3, 0.4) is 0 Å². The van der Waals surface area contributed by atoms with E-state index in [9.17, 15) is 9.90 Å². The fraction of sp³-hybridized carbons (Fsp3) is 0.588. The number of aliphatic hydroxyl groups is 1. The first kappa shape index (κ1) is 19.0. The molecule has 3 atom stereocenters. The number of hydrogen-bond donors (Lipinski definition) is 3. The number of nitrogens with one attached hydrogen (secondary N) is 2. The molecule has 1 fully saturated rings. The van der Waals surface area contributed by atoms with E-state index in [1.54, 1.807) is 24.3 Å². The standard InChI is InChI=1S/C17H26ClN3O3/c1-3-4-8-21(2)10-15-16(22)14(11-24-15)20-17(23)19-13-7-5-6-12(18)9-13/h5-7,9,14-16,22H,3-4,8,10-11H2,1-2H3,(H2,19,20,23)/t14-,15-,16+/m0/s1. The third-order valence-corrected chi connectivity index (χ3v) is 4.30. The molecule has 0 bridgehead atoms. The highest BCUT2D eigenvalue weighted by molar-refractivity contribution is 6.30. The van der Waals surface area contributed by atoms with Crippen molar-refractivity contribution in [2.24, 2.45) is 0 Å². The number of nitrogens with zero attached hydrogens (tertiary/aromatic N) is 1. The molecule has 2 amide bonds. The van der Waals surface area contributed by atoms with Gasteiger partial charge in [0.2, 0.25) is 0 Å². The maximum Gasteiger partial charge on any atom is 0.319 e. The fourth-order valence-electron chi connectivity index (χ4n) is 2.70. The SMILES string of the molecule is CCCCN(C)C[C@@H]1OC[C@H](NC(=O)Nc2cccc(Cl)c2)[C@H]1O. The minimum atomic E-state index is -0.723. The molecule has 0 radical (unpaired) electrons. The summed E-state index contributed by atoms with van der Waals surface area (Å²) in [5.74, 6) is 0. The molecule has 3 N–H and O–H groups in total. The van der Waals surface area contributed by atoms with Gasteiger partial charge in [-0.2, -0.15) is 0 Å². The second kappa shape index (κ2) is 9.22. The molecule has 1 aromatic carbocycles. The Morgan fingerprint density at radius 2 is 2.29 bits per heavy atom. The predicted octanol–water partition coefficient (Wildman–Crippen LogP) is 2.32. The van der Waals surface area contributed by atoms with Crippen molar-refractivity contribution >= 4 is 23.3 Å². The van der Waals surface area contributed by atoms with Gasteiger partial charge in [0.25, 0.3) is 0 Å². The van der Waals surface area contributed by atoms with Crippen LogP contribution in [0.4, 0.5) is 10.5 Å². The minimum absolute atomic E-state index is 0.289. The van der Waals surface area contributed by atoms with Gasteiger partial charge in [0.15, 0.2) is 0 Å². The number of ether oxygens (including phenoxy) is 1. The van der Waals surface area contributed by atoms with Gasteiger partial charge in [0.05, 0.1) is 18.8 Å². The Balaban J connectivity index is 1.80. The normalized spacial score (nSPS) is 23.5. The zero-order valence-electron chi connectivity index (χ0n) is 14.2. The van der Waals surface area contributed by atoms with E-state index in [-0.39, 0.29) is 12.1 Å². The van der Waals surface area contributed by atoms with Gasteiger partial charge in [0, 0.05) is 17.3 Å². The van der Waals surface area contributed by atoms with Crippen LogP contribution in [-0.2, 0) is 4.74 Å². The monoisotopic (exact) mass is 355 g/mol. The molecule has 0 aromatic heterocycles. The van der Waals surface area contributed by atoms with E-state index in [0.717, 1.165) is 19.4 Å². The van der Waals surface area contributed by atoms with Crippen molar-refractivity contribution in [2.75, 3.05) is 32.1 Å². The van der Waals surface area contributed by atoms with E-state index < -0.39 is 12.1 Å². The van der Waals surface area contributed by atoms with Crippen molar-refractivity contribution in [2.45, 2.75) is 38.0 Å². The number of rotatable bonds is 7. The topological polar surface area (TPSA) is 73.8 Å². The van der Waals surface area contributed by atoms with E-state index in [2.05, 4.69) is 22.5 Å². The summed E-state index contributed by atoms with van der Waals surface area (Å²) < 4.78 is 5.64. The van der Waals surface area contributed by atoms with Crippen LogP contribution in [0, 0.1) is 0 Å². The summed E-state index contributed by atoms with van der Waals surface area (Å²) in [7, 11) is 2.01. The molecule has 7 heteroatoms. The number of benzene rings is 1. The molecule has 1 heterocycles. The molecule has 1 aromatic rings. The molecule has 1 aliphatic rings. The number of aliphatic hydroxyl groups excluding tert-OH is 1. The van der Waals surface area contributed by atoms with Crippen LogP contribution in [0.25, 0.3) is 0 Å². The zero-order valence-corrected chi connectivity index (χ0v) is 14.9. The molecule has 0 spiro atoms. The summed E-state index contributed by atoms with van der Waals surface area (Å²) >= 11 is 5.89. The Hall–Kier alpha value is -1.34. The van der Waals surface area contributed by atoms with Crippen molar-refractivity contribution in [3.63, 3.8) is 0 Å². The lowest BCUT2D eigenvalue weighted by atomic mass is 10.1. The van der Waals surface area contributed by atoms with Crippen LogP contribution in [0.2, 0.25) is 5.02 Å². The summed E-state index contributed by atoms with van der Waals surface area (Å²) in [6.07, 6.45) is 1.23. The van der Waals surface area contributed by atoms with Crippen molar-refractivity contribution < 1.29 is 14.6 Å². The molecular weight excluding hydrogens is 330 g/mol. The quantitative estimate of drug-likeness (QED) is 0.701. The van der Waals surface area contributed by atoms with E-state index in [0.29, 0.717) is 23.9 Å². The van der Waals surface area contributed by atoms with Gasteiger partial charge >= 0.3 is 6.03 Å². The lowest BCUT2D eigenvalue weighted by Gasteiger charge is -2.23. The fourth-order valence-corrected chi connectivity index (χ4v) is 2.89. The van der Waals surface area contributed by atoms with Gasteiger partial charge in [-0.1, -0.05) is 31.0 Å². The molecule has 0 aliphatic carbocycles. The zero-order chi connectivity index (χ0) is 17.5. The van der Waals surface area contributed by atoms with Crippen LogP contribution in [-0.4, -0.2) is 61.0 Å². The lowest BCUT2D eigenvalue weighted by Crippen LogP contribution is -2.47. The smallest absolute Gasteiger partial charge is 0.319 e. The maximum absolute atomic E-state index is 12.1. The highest BCUT2D eigenvalue weighted by Crippen LogP contribution is 2.17. The third-order valence-electron chi connectivity index (χ3n) is 4.07. The molecule has 1 aliphatic heterocycles. The number of amides is 2. The van der Waals surface area contributed by atoms with E-state index >= 15 is 0 Å². The number of urea groups is 1. The Kier molecular flexibility index (Phi) is 7.30. The van der Waals surface area contributed by atoms with Gasteiger partial charge in [-0.15, -0.1) is 0 Å². The Labute approximate surface area is 148 Å². The van der Waals surface area contributed by atoms with Gasteiger partial charge in [0.1, 0.15) is 6.10 Å². The molecule has 0 saturated carbocycles. The van der Waals surface area contributed by atoms with Crippen LogP contribution >= 0.6 is 11.6 Å². The van der Waals surface area contributed by atoms with Crippen molar-refractivity contribution in [1.82, 2.24) is 10.2 Å². The Morgan fingerprint density at radius 1 is 1.50 bits per heavy atom. The summed E-state index contributed by atoms with van der Waals surface area (Å²) in [6, 6.07) is 6.10. The van der Waals surface area contributed by atoms with Crippen molar-refractivity contribution in [1.29, 1.82) is 0 Å². The number of carbonyl (C=O) groups excluding carboxylic acids is 1. The van der Waals surface area contributed by atoms with Gasteiger partial charge in [-0.3, -0.25) is 0 Å². The van der Waals surface area contributed by atoms with Gasteiger partial charge in [-0.25, -0.2) is 4.79 Å². The number of carbonyl (C=O) groups is 1. The summed E-state index contributed by atoms with van der Waals surface area (Å²) in [4.78, 5) is 14.2. The molecule has 1 saturated heterocycles. The largest absolute Gasteiger partial charge is 0.388 e. The summed E-state index contributed by atoms with van der Waals surface area (Å²) in [5, 5.41) is 16.4. The maximum atomic E-state index is 12.1. The third kappa shape index (κ3) is 5.63. The second-order valence-electron chi connectivity index (χ2n) is 6.19. The second-order valence-corrected chi connectivity index (χ2v) is 6.63. The van der Waals surface area contributed by atoms with Gasteiger partial charge < -0.3 is 25.4 Å². The Bertz CT molecular complexity index is 544. The lowest BCUT2D eigenvalue weighted by molar-refractivity contribution is 0.0202. The van der Waals surface area contributed by atoms with E-state index in [1.165, 1.54) is 0 Å². The summed E-state index contributed by atoms with van der Waals surface area (Å²) in [5.41, 5.74) is 0.601.